The van der Waals surface area contributed by atoms with E-state index < -0.39 is 0 Å². The van der Waals surface area contributed by atoms with Gasteiger partial charge in [0.1, 0.15) is 17.1 Å². The summed E-state index contributed by atoms with van der Waals surface area (Å²) in [5.74, 6) is 0.135. The Hall–Kier alpha value is -2.60. The molecule has 0 aliphatic carbocycles. The van der Waals surface area contributed by atoms with Gasteiger partial charge in [0.15, 0.2) is 0 Å². The molecule has 9 heteroatoms. The number of nitrogens with zero attached hydrogens (tertiary/aromatic N) is 6. The zero-order valence-electron chi connectivity index (χ0n) is 12.5. The normalized spacial score (nSPS) is 17.6. The second kappa shape index (κ2) is 6.66. The summed E-state index contributed by atoms with van der Waals surface area (Å²) in [5, 5.41) is 12.9. The van der Waals surface area contributed by atoms with E-state index in [9.17, 15) is 4.79 Å². The number of rotatable bonds is 3. The maximum atomic E-state index is 12.5. The number of aryl methyl sites for hydroxylation is 1. The van der Waals surface area contributed by atoms with Crippen LogP contribution in [0, 0.1) is 18.3 Å². The topological polar surface area (TPSA) is 105 Å². The van der Waals surface area contributed by atoms with E-state index in [1.807, 2.05) is 6.07 Å². The summed E-state index contributed by atoms with van der Waals surface area (Å²) in [4.78, 5) is 22.8. The van der Waals surface area contributed by atoms with Crippen molar-refractivity contribution >= 4 is 17.4 Å². The molecule has 0 aromatic carbocycles. The van der Waals surface area contributed by atoms with Crippen LogP contribution in [0.3, 0.4) is 0 Å². The SMILES string of the molecule is Cc1nnsc1C(=O)N1CCC[C@@H](Oc2nccnc2C#N)C1. The minimum absolute atomic E-state index is 0.0783. The summed E-state index contributed by atoms with van der Waals surface area (Å²) in [7, 11) is 0. The molecule has 1 atom stereocenters. The molecule has 1 amide bonds. The van der Waals surface area contributed by atoms with Crippen LogP contribution < -0.4 is 4.74 Å². The molecular weight excluding hydrogens is 316 g/mol. The fraction of sp³-hybridized carbons (Fsp3) is 0.429. The summed E-state index contributed by atoms with van der Waals surface area (Å²) < 4.78 is 9.59. The molecule has 0 saturated carbocycles. The third kappa shape index (κ3) is 3.27. The molecule has 118 valence electrons. The first-order valence-corrected chi connectivity index (χ1v) is 7.92. The van der Waals surface area contributed by atoms with Crippen LogP contribution >= 0.6 is 11.5 Å². The Morgan fingerprint density at radius 2 is 2.30 bits per heavy atom. The molecule has 1 fully saturated rings. The number of hydrogen-bond donors (Lipinski definition) is 0. The summed E-state index contributed by atoms with van der Waals surface area (Å²) in [6.07, 6.45) is 4.34. The summed E-state index contributed by atoms with van der Waals surface area (Å²) in [6.45, 7) is 2.88. The first kappa shape index (κ1) is 15.3. The Bertz CT molecular complexity index is 756. The molecule has 0 radical (unpaired) electrons. The first-order valence-electron chi connectivity index (χ1n) is 7.15. The van der Waals surface area contributed by atoms with E-state index >= 15 is 0 Å². The van der Waals surface area contributed by atoms with Crippen LogP contribution in [-0.2, 0) is 0 Å². The van der Waals surface area contributed by atoms with Crippen molar-refractivity contribution in [2.24, 2.45) is 0 Å². The van der Waals surface area contributed by atoms with Gasteiger partial charge in [0.25, 0.3) is 11.8 Å². The zero-order chi connectivity index (χ0) is 16.2. The summed E-state index contributed by atoms with van der Waals surface area (Å²) in [5.41, 5.74) is 0.794. The number of carbonyl (C=O) groups excluding carboxylic acids is 1. The molecule has 2 aromatic heterocycles. The van der Waals surface area contributed by atoms with Crippen molar-refractivity contribution in [3.63, 3.8) is 0 Å². The molecule has 1 aliphatic rings. The molecule has 0 bridgehead atoms. The number of amides is 1. The average Bonchev–Trinajstić information content (AvgIpc) is 3.01. The summed E-state index contributed by atoms with van der Waals surface area (Å²) in [6, 6.07) is 1.95. The number of nitriles is 1. The molecular formula is C14H14N6O2S. The number of hydrogen-bond acceptors (Lipinski definition) is 8. The molecule has 0 spiro atoms. The van der Waals surface area contributed by atoms with Crippen molar-refractivity contribution in [2.75, 3.05) is 13.1 Å². The second-order valence-electron chi connectivity index (χ2n) is 5.14. The fourth-order valence-corrected chi connectivity index (χ4v) is 3.06. The minimum Gasteiger partial charge on any atom is -0.470 e. The van der Waals surface area contributed by atoms with Crippen LogP contribution in [0.5, 0.6) is 5.88 Å². The Balaban J connectivity index is 1.70. The molecule has 1 aliphatic heterocycles. The number of piperidine rings is 1. The van der Waals surface area contributed by atoms with Crippen molar-refractivity contribution in [2.45, 2.75) is 25.9 Å². The van der Waals surface area contributed by atoms with Gasteiger partial charge in [-0.2, -0.15) is 5.26 Å². The van der Waals surface area contributed by atoms with E-state index in [2.05, 4.69) is 19.6 Å². The molecule has 23 heavy (non-hydrogen) atoms. The van der Waals surface area contributed by atoms with Gasteiger partial charge in [-0.15, -0.1) is 5.10 Å². The Morgan fingerprint density at radius 1 is 1.48 bits per heavy atom. The van der Waals surface area contributed by atoms with Crippen LogP contribution in [0.15, 0.2) is 12.4 Å². The van der Waals surface area contributed by atoms with Gasteiger partial charge >= 0.3 is 0 Å². The predicted octanol–water partition coefficient (Wildman–Crippen LogP) is 1.19. The lowest BCUT2D eigenvalue weighted by atomic mass is 10.1. The molecule has 1 saturated heterocycles. The van der Waals surface area contributed by atoms with E-state index in [1.54, 1.807) is 11.8 Å². The molecule has 3 rings (SSSR count). The average molecular weight is 330 g/mol. The molecule has 3 heterocycles. The van der Waals surface area contributed by atoms with Gasteiger partial charge in [-0.05, 0) is 31.3 Å². The summed E-state index contributed by atoms with van der Waals surface area (Å²) >= 11 is 1.10. The van der Waals surface area contributed by atoms with Gasteiger partial charge in [0.05, 0.1) is 12.2 Å². The Labute approximate surface area is 136 Å². The Kier molecular flexibility index (Phi) is 4.43. The van der Waals surface area contributed by atoms with Crippen LogP contribution in [-0.4, -0.2) is 49.6 Å². The van der Waals surface area contributed by atoms with Crippen molar-refractivity contribution in [1.82, 2.24) is 24.5 Å². The highest BCUT2D eigenvalue weighted by Crippen LogP contribution is 2.21. The highest BCUT2D eigenvalue weighted by Gasteiger charge is 2.28. The largest absolute Gasteiger partial charge is 0.470 e. The minimum atomic E-state index is -0.210. The quantitative estimate of drug-likeness (QED) is 0.832. The smallest absolute Gasteiger partial charge is 0.267 e. The first-order chi connectivity index (χ1) is 11.2. The monoisotopic (exact) mass is 330 g/mol. The second-order valence-corrected chi connectivity index (χ2v) is 5.90. The lowest BCUT2D eigenvalue weighted by molar-refractivity contribution is 0.0529. The lowest BCUT2D eigenvalue weighted by Gasteiger charge is -2.32. The van der Waals surface area contributed by atoms with Gasteiger partial charge in [0, 0.05) is 18.9 Å². The van der Waals surface area contributed by atoms with E-state index in [-0.39, 0.29) is 23.6 Å². The van der Waals surface area contributed by atoms with E-state index in [1.165, 1.54) is 12.4 Å². The van der Waals surface area contributed by atoms with Crippen molar-refractivity contribution in [3.05, 3.63) is 28.7 Å². The van der Waals surface area contributed by atoms with Crippen LogP contribution in [0.2, 0.25) is 0 Å². The van der Waals surface area contributed by atoms with Gasteiger partial charge in [0.2, 0.25) is 5.69 Å². The van der Waals surface area contributed by atoms with E-state index in [0.29, 0.717) is 23.7 Å². The lowest BCUT2D eigenvalue weighted by Crippen LogP contribution is -2.44. The molecule has 0 N–H and O–H groups in total. The van der Waals surface area contributed by atoms with E-state index in [4.69, 9.17) is 10.00 Å². The Morgan fingerprint density at radius 3 is 3.04 bits per heavy atom. The van der Waals surface area contributed by atoms with Crippen molar-refractivity contribution < 1.29 is 9.53 Å². The van der Waals surface area contributed by atoms with Crippen LogP contribution in [0.1, 0.15) is 33.9 Å². The molecule has 8 nitrogen and oxygen atoms in total. The maximum Gasteiger partial charge on any atom is 0.267 e. The van der Waals surface area contributed by atoms with Crippen molar-refractivity contribution in [1.29, 1.82) is 5.26 Å². The van der Waals surface area contributed by atoms with Crippen LogP contribution in [0.25, 0.3) is 0 Å². The number of likely N-dealkylation sites (tertiary alicyclic amines) is 1. The predicted molar refractivity (Wildman–Crippen MR) is 80.9 cm³/mol. The van der Waals surface area contributed by atoms with Gasteiger partial charge in [-0.25, -0.2) is 9.97 Å². The highest BCUT2D eigenvalue weighted by atomic mass is 32.1. The standard InChI is InChI=1S/C14H14N6O2S/c1-9-12(23-19-18-9)14(21)20-6-2-3-10(8-20)22-13-11(7-15)16-4-5-17-13/h4-5,10H,2-3,6,8H2,1H3/t10-/m1/s1. The van der Waals surface area contributed by atoms with Crippen molar-refractivity contribution in [3.8, 4) is 11.9 Å². The van der Waals surface area contributed by atoms with E-state index in [0.717, 1.165) is 24.4 Å². The third-order valence-electron chi connectivity index (χ3n) is 3.56. The van der Waals surface area contributed by atoms with Gasteiger partial charge in [-0.1, -0.05) is 4.49 Å². The third-order valence-corrected chi connectivity index (χ3v) is 4.38. The maximum absolute atomic E-state index is 12.5. The number of carbonyl (C=O) groups is 1. The van der Waals surface area contributed by atoms with Gasteiger partial charge in [-0.3, -0.25) is 4.79 Å². The fourth-order valence-electron chi connectivity index (χ4n) is 2.44. The van der Waals surface area contributed by atoms with Gasteiger partial charge < -0.3 is 9.64 Å². The highest BCUT2D eigenvalue weighted by molar-refractivity contribution is 7.07. The molecule has 0 unspecified atom stereocenters. The zero-order valence-corrected chi connectivity index (χ0v) is 13.3. The number of ether oxygens (including phenoxy) is 1. The molecule has 2 aromatic rings. The number of aromatic nitrogens is 4. The van der Waals surface area contributed by atoms with Crippen LogP contribution in [0.4, 0.5) is 0 Å².